The fourth-order valence-corrected chi connectivity index (χ4v) is 2.49. The van der Waals surface area contributed by atoms with Gasteiger partial charge in [-0.3, -0.25) is 0 Å². The van der Waals surface area contributed by atoms with Crippen LogP contribution in [0.25, 0.3) is 11.4 Å². The Bertz CT molecular complexity index is 916. The van der Waals surface area contributed by atoms with Crippen LogP contribution >= 0.6 is 12.2 Å². The molecular weight excluding hydrogens is 324 g/mol. The normalized spacial score (nSPS) is 10.9. The monoisotopic (exact) mass is 340 g/mol. The highest BCUT2D eigenvalue weighted by Crippen LogP contribution is 2.29. The van der Waals surface area contributed by atoms with E-state index in [-0.39, 0.29) is 0 Å². The summed E-state index contributed by atoms with van der Waals surface area (Å²) in [4.78, 5) is 0. The summed E-state index contributed by atoms with van der Waals surface area (Å²) in [5.41, 5.74) is 1.69. The summed E-state index contributed by atoms with van der Waals surface area (Å²) in [5, 5.41) is 11.5. The van der Waals surface area contributed by atoms with Gasteiger partial charge in [0.2, 0.25) is 4.77 Å². The molecule has 1 N–H and O–H groups in total. The van der Waals surface area contributed by atoms with Gasteiger partial charge < -0.3 is 9.47 Å². The van der Waals surface area contributed by atoms with Gasteiger partial charge in [-0.15, -0.1) is 0 Å². The van der Waals surface area contributed by atoms with Gasteiger partial charge >= 0.3 is 0 Å². The first-order valence-corrected chi connectivity index (χ1v) is 7.63. The van der Waals surface area contributed by atoms with Crippen LogP contribution in [0.3, 0.4) is 0 Å². The molecule has 122 valence electrons. The van der Waals surface area contributed by atoms with Crippen molar-refractivity contribution < 1.29 is 9.47 Å². The predicted molar refractivity (Wildman–Crippen MR) is 95.4 cm³/mol. The molecule has 0 aliphatic carbocycles. The number of nitrogens with zero attached hydrogens (tertiary/aromatic N) is 3. The lowest BCUT2D eigenvalue weighted by Gasteiger charge is -2.09. The quantitative estimate of drug-likeness (QED) is 0.570. The molecule has 0 aliphatic heterocycles. The van der Waals surface area contributed by atoms with Gasteiger partial charge in [0, 0.05) is 11.1 Å². The standard InChI is InChI=1S/C17H16N4O2S/c1-22-14-10-6-9-13(15(14)23-2)11-18-21-16(19-20-17(21)24)12-7-4-3-5-8-12/h3-11H,1-2H3,(H,20,24)/b18-11-. The number of para-hydroxylation sites is 1. The number of H-pyrrole nitrogens is 1. The number of hydrogen-bond acceptors (Lipinski definition) is 5. The van der Waals surface area contributed by atoms with Crippen LogP contribution in [0.1, 0.15) is 5.56 Å². The minimum Gasteiger partial charge on any atom is -0.493 e. The summed E-state index contributed by atoms with van der Waals surface area (Å²) in [6, 6.07) is 15.3. The SMILES string of the molecule is COc1cccc(/C=N\n2c(-c3ccccc3)n[nH]c2=S)c1OC. The van der Waals surface area contributed by atoms with Crippen molar-refractivity contribution in [3.05, 3.63) is 58.9 Å². The van der Waals surface area contributed by atoms with E-state index in [2.05, 4.69) is 15.3 Å². The second-order valence-electron chi connectivity index (χ2n) is 4.86. The van der Waals surface area contributed by atoms with Crippen molar-refractivity contribution >= 4 is 18.4 Å². The topological polar surface area (TPSA) is 64.4 Å². The Hall–Kier alpha value is -2.93. The molecule has 3 rings (SSSR count). The van der Waals surface area contributed by atoms with E-state index in [4.69, 9.17) is 21.7 Å². The molecule has 0 aliphatic rings. The lowest BCUT2D eigenvalue weighted by molar-refractivity contribution is 0.354. The summed E-state index contributed by atoms with van der Waals surface area (Å²) >= 11 is 5.27. The van der Waals surface area contributed by atoms with Gasteiger partial charge in [0.1, 0.15) is 0 Å². The van der Waals surface area contributed by atoms with Gasteiger partial charge in [-0.25, -0.2) is 5.10 Å². The van der Waals surface area contributed by atoms with Gasteiger partial charge in [0.15, 0.2) is 17.3 Å². The summed E-state index contributed by atoms with van der Waals surface area (Å²) in [6.45, 7) is 0. The molecule has 0 spiro atoms. The Morgan fingerprint density at radius 1 is 1.08 bits per heavy atom. The third-order valence-corrected chi connectivity index (χ3v) is 3.69. The second kappa shape index (κ2) is 7.10. The van der Waals surface area contributed by atoms with Crippen molar-refractivity contribution in [2.24, 2.45) is 5.10 Å². The third-order valence-electron chi connectivity index (χ3n) is 3.43. The van der Waals surface area contributed by atoms with E-state index in [1.54, 1.807) is 25.1 Å². The van der Waals surface area contributed by atoms with Crippen LogP contribution in [-0.2, 0) is 0 Å². The van der Waals surface area contributed by atoms with Gasteiger partial charge in [0.05, 0.1) is 20.4 Å². The number of rotatable bonds is 5. The van der Waals surface area contributed by atoms with Crippen molar-refractivity contribution in [2.45, 2.75) is 0 Å². The predicted octanol–water partition coefficient (Wildman–Crippen LogP) is 3.51. The zero-order valence-corrected chi connectivity index (χ0v) is 14.1. The van der Waals surface area contributed by atoms with E-state index in [1.807, 2.05) is 48.5 Å². The minimum atomic E-state index is 0.409. The average Bonchev–Trinajstić information content (AvgIpc) is 3.00. The molecule has 0 radical (unpaired) electrons. The first kappa shape index (κ1) is 15.9. The van der Waals surface area contributed by atoms with Crippen LogP contribution in [0.15, 0.2) is 53.6 Å². The van der Waals surface area contributed by atoms with E-state index >= 15 is 0 Å². The molecule has 0 fully saturated rings. The molecule has 0 bridgehead atoms. The lowest BCUT2D eigenvalue weighted by atomic mass is 10.2. The zero-order valence-electron chi connectivity index (χ0n) is 13.3. The van der Waals surface area contributed by atoms with E-state index in [1.165, 1.54) is 0 Å². The van der Waals surface area contributed by atoms with E-state index in [0.29, 0.717) is 22.1 Å². The van der Waals surface area contributed by atoms with Crippen molar-refractivity contribution in [3.8, 4) is 22.9 Å². The highest BCUT2D eigenvalue weighted by molar-refractivity contribution is 7.71. The van der Waals surface area contributed by atoms with Crippen molar-refractivity contribution in [1.29, 1.82) is 0 Å². The third kappa shape index (κ3) is 3.07. The summed E-state index contributed by atoms with van der Waals surface area (Å²) in [7, 11) is 3.19. The maximum absolute atomic E-state index is 5.41. The van der Waals surface area contributed by atoms with Crippen molar-refractivity contribution in [2.75, 3.05) is 14.2 Å². The Morgan fingerprint density at radius 2 is 1.88 bits per heavy atom. The highest BCUT2D eigenvalue weighted by atomic mass is 32.1. The molecule has 0 saturated carbocycles. The fourth-order valence-electron chi connectivity index (χ4n) is 2.31. The van der Waals surface area contributed by atoms with Crippen LogP contribution in [0, 0.1) is 4.77 Å². The molecule has 0 saturated heterocycles. The van der Waals surface area contributed by atoms with Crippen LogP contribution in [0.4, 0.5) is 0 Å². The lowest BCUT2D eigenvalue weighted by Crippen LogP contribution is -1.98. The zero-order chi connectivity index (χ0) is 16.9. The largest absolute Gasteiger partial charge is 0.493 e. The van der Waals surface area contributed by atoms with Gasteiger partial charge in [0.25, 0.3) is 0 Å². The number of aromatic nitrogens is 3. The van der Waals surface area contributed by atoms with E-state index in [9.17, 15) is 0 Å². The Balaban J connectivity index is 2.03. The Labute approximate surface area is 144 Å². The maximum atomic E-state index is 5.41. The van der Waals surface area contributed by atoms with E-state index < -0.39 is 0 Å². The van der Waals surface area contributed by atoms with Crippen molar-refractivity contribution in [1.82, 2.24) is 14.9 Å². The van der Waals surface area contributed by atoms with Crippen molar-refractivity contribution in [3.63, 3.8) is 0 Å². The van der Waals surface area contributed by atoms with Gasteiger partial charge in [-0.1, -0.05) is 36.4 Å². The van der Waals surface area contributed by atoms with Gasteiger partial charge in [-0.05, 0) is 24.4 Å². The Morgan fingerprint density at radius 3 is 2.58 bits per heavy atom. The molecular formula is C17H16N4O2S. The molecule has 1 aromatic heterocycles. The number of methoxy groups -OCH3 is 2. The molecule has 0 amide bonds. The summed E-state index contributed by atoms with van der Waals surface area (Å²) < 4.78 is 12.7. The second-order valence-corrected chi connectivity index (χ2v) is 5.24. The van der Waals surface area contributed by atoms with Crippen LogP contribution in [-0.4, -0.2) is 35.3 Å². The molecule has 1 heterocycles. The average molecular weight is 340 g/mol. The van der Waals surface area contributed by atoms with Crippen LogP contribution in [0.2, 0.25) is 0 Å². The number of nitrogens with one attached hydrogen (secondary N) is 1. The minimum absolute atomic E-state index is 0.409. The first-order chi connectivity index (χ1) is 11.7. The number of aromatic amines is 1. The molecule has 0 unspecified atom stereocenters. The molecule has 3 aromatic rings. The van der Waals surface area contributed by atoms with Gasteiger partial charge in [-0.2, -0.15) is 14.9 Å². The molecule has 0 atom stereocenters. The molecule has 2 aromatic carbocycles. The maximum Gasteiger partial charge on any atom is 0.216 e. The molecule has 6 nitrogen and oxygen atoms in total. The molecule has 24 heavy (non-hydrogen) atoms. The summed E-state index contributed by atoms with van der Waals surface area (Å²) in [5.74, 6) is 1.89. The van der Waals surface area contributed by atoms with Crippen LogP contribution < -0.4 is 9.47 Å². The number of benzene rings is 2. The molecule has 7 heteroatoms. The van der Waals surface area contributed by atoms with Crippen LogP contribution in [0.5, 0.6) is 11.5 Å². The first-order valence-electron chi connectivity index (χ1n) is 7.22. The fraction of sp³-hybridized carbons (Fsp3) is 0.118. The number of ether oxygens (including phenoxy) is 2. The number of hydrogen-bond donors (Lipinski definition) is 1. The Kier molecular flexibility index (Phi) is 4.72. The highest BCUT2D eigenvalue weighted by Gasteiger charge is 2.10. The smallest absolute Gasteiger partial charge is 0.216 e. The van der Waals surface area contributed by atoms with E-state index in [0.717, 1.165) is 11.1 Å². The summed E-state index contributed by atoms with van der Waals surface area (Å²) in [6.07, 6.45) is 1.67.